The van der Waals surface area contributed by atoms with E-state index in [0.29, 0.717) is 20.6 Å². The van der Waals surface area contributed by atoms with Crippen LogP contribution in [0.1, 0.15) is 5.56 Å². The molecule has 0 fully saturated rings. The van der Waals surface area contributed by atoms with Gasteiger partial charge in [-0.1, -0.05) is 46.9 Å². The summed E-state index contributed by atoms with van der Waals surface area (Å²) in [6, 6.07) is 7.09. The second kappa shape index (κ2) is 4.18. The molecule has 2 aromatic rings. The van der Waals surface area contributed by atoms with E-state index >= 15 is 0 Å². The average Bonchev–Trinajstić information content (AvgIpc) is 2.22. The maximum Gasteiger partial charge on any atom is 0.0696 e. The molecule has 0 aromatic heterocycles. The third kappa shape index (κ3) is 1.93. The minimum absolute atomic E-state index is 0.0883. The Hall–Kier alpha value is -0.470. The van der Waals surface area contributed by atoms with Crippen molar-refractivity contribution >= 4 is 45.6 Å². The molecule has 0 unspecified atom stereocenters. The molecule has 0 spiro atoms. The topological polar surface area (TPSA) is 20.2 Å². The van der Waals surface area contributed by atoms with Crippen LogP contribution >= 0.6 is 34.8 Å². The van der Waals surface area contributed by atoms with E-state index < -0.39 is 0 Å². The maximum atomic E-state index is 9.06. The van der Waals surface area contributed by atoms with Gasteiger partial charge in [-0.25, -0.2) is 0 Å². The van der Waals surface area contributed by atoms with Crippen LogP contribution in [0.4, 0.5) is 0 Å². The van der Waals surface area contributed by atoms with Crippen LogP contribution in [-0.4, -0.2) is 5.11 Å². The van der Waals surface area contributed by atoms with Crippen LogP contribution in [-0.2, 0) is 6.61 Å². The maximum absolute atomic E-state index is 9.06. The molecule has 78 valence electrons. The number of aliphatic hydroxyl groups is 1. The van der Waals surface area contributed by atoms with Crippen LogP contribution in [0.15, 0.2) is 24.3 Å². The van der Waals surface area contributed by atoms with Gasteiger partial charge in [-0.15, -0.1) is 0 Å². The van der Waals surface area contributed by atoms with Gasteiger partial charge in [0.05, 0.1) is 21.7 Å². The van der Waals surface area contributed by atoms with Crippen LogP contribution in [0.3, 0.4) is 0 Å². The number of hydrogen-bond donors (Lipinski definition) is 1. The number of halogens is 3. The van der Waals surface area contributed by atoms with E-state index in [1.807, 2.05) is 6.07 Å². The number of aliphatic hydroxyl groups excluding tert-OH is 1. The van der Waals surface area contributed by atoms with Crippen molar-refractivity contribution in [1.29, 1.82) is 0 Å². The Morgan fingerprint density at radius 2 is 1.67 bits per heavy atom. The standard InChI is InChI=1S/C11H7Cl3O/c12-9-3-6-1-2-7(5-15)11(14)8(6)4-10(9)13/h1-4,15H,5H2. The molecule has 2 aromatic carbocycles. The van der Waals surface area contributed by atoms with E-state index in [2.05, 4.69) is 0 Å². The molecule has 0 amide bonds. The smallest absolute Gasteiger partial charge is 0.0696 e. The summed E-state index contributed by atoms with van der Waals surface area (Å²) in [6.07, 6.45) is 0. The molecule has 0 aliphatic rings. The van der Waals surface area contributed by atoms with Gasteiger partial charge in [-0.2, -0.15) is 0 Å². The van der Waals surface area contributed by atoms with Gasteiger partial charge in [0.1, 0.15) is 0 Å². The Kier molecular flexibility index (Phi) is 3.08. The molecule has 0 atom stereocenters. The number of rotatable bonds is 1. The van der Waals surface area contributed by atoms with Gasteiger partial charge in [-0.3, -0.25) is 0 Å². The molecule has 4 heteroatoms. The summed E-state index contributed by atoms with van der Waals surface area (Å²) >= 11 is 17.9. The first-order valence-electron chi connectivity index (χ1n) is 4.30. The third-order valence-electron chi connectivity index (χ3n) is 2.25. The van der Waals surface area contributed by atoms with Gasteiger partial charge in [0.25, 0.3) is 0 Å². The van der Waals surface area contributed by atoms with Gasteiger partial charge in [0, 0.05) is 5.39 Å². The second-order valence-corrected chi connectivity index (χ2v) is 4.38. The van der Waals surface area contributed by atoms with Crippen LogP contribution in [0.2, 0.25) is 15.1 Å². The van der Waals surface area contributed by atoms with Crippen LogP contribution in [0.25, 0.3) is 10.8 Å². The van der Waals surface area contributed by atoms with E-state index in [4.69, 9.17) is 39.9 Å². The normalized spacial score (nSPS) is 10.9. The van der Waals surface area contributed by atoms with Crippen molar-refractivity contribution in [1.82, 2.24) is 0 Å². The quantitative estimate of drug-likeness (QED) is 0.812. The summed E-state index contributed by atoms with van der Waals surface area (Å²) in [5, 5.41) is 12.2. The lowest BCUT2D eigenvalue weighted by atomic mass is 10.1. The lowest BCUT2D eigenvalue weighted by Crippen LogP contribution is -1.86. The third-order valence-corrected chi connectivity index (χ3v) is 3.41. The fourth-order valence-electron chi connectivity index (χ4n) is 1.45. The highest BCUT2D eigenvalue weighted by Crippen LogP contribution is 2.33. The van der Waals surface area contributed by atoms with Crippen molar-refractivity contribution in [2.24, 2.45) is 0 Å². The second-order valence-electron chi connectivity index (χ2n) is 3.18. The SMILES string of the molecule is OCc1ccc2cc(Cl)c(Cl)cc2c1Cl. The summed E-state index contributed by atoms with van der Waals surface area (Å²) in [4.78, 5) is 0. The van der Waals surface area contributed by atoms with Gasteiger partial charge in [0.2, 0.25) is 0 Å². The number of fused-ring (bicyclic) bond motifs is 1. The summed E-state index contributed by atoms with van der Waals surface area (Å²) < 4.78 is 0. The van der Waals surface area contributed by atoms with Crippen molar-refractivity contribution < 1.29 is 5.11 Å². The zero-order chi connectivity index (χ0) is 11.0. The Morgan fingerprint density at radius 1 is 1.00 bits per heavy atom. The van der Waals surface area contributed by atoms with Crippen LogP contribution < -0.4 is 0 Å². The van der Waals surface area contributed by atoms with Crippen molar-refractivity contribution in [3.8, 4) is 0 Å². The molecule has 0 aliphatic heterocycles. The fraction of sp³-hybridized carbons (Fsp3) is 0.0909. The predicted octanol–water partition coefficient (Wildman–Crippen LogP) is 4.29. The molecular formula is C11H7Cl3O. The predicted molar refractivity (Wildman–Crippen MR) is 64.9 cm³/mol. The summed E-state index contributed by atoms with van der Waals surface area (Å²) in [6.45, 7) is -0.0883. The summed E-state index contributed by atoms with van der Waals surface area (Å²) in [7, 11) is 0. The highest BCUT2D eigenvalue weighted by Gasteiger charge is 2.07. The lowest BCUT2D eigenvalue weighted by molar-refractivity contribution is 0.282. The average molecular weight is 262 g/mol. The van der Waals surface area contributed by atoms with Crippen molar-refractivity contribution in [2.45, 2.75) is 6.61 Å². The van der Waals surface area contributed by atoms with Gasteiger partial charge >= 0.3 is 0 Å². The first-order chi connectivity index (χ1) is 7.13. The molecule has 0 radical (unpaired) electrons. The highest BCUT2D eigenvalue weighted by molar-refractivity contribution is 6.43. The summed E-state index contributed by atoms with van der Waals surface area (Å²) in [5.41, 5.74) is 0.683. The molecule has 2 rings (SSSR count). The highest BCUT2D eigenvalue weighted by atomic mass is 35.5. The Bertz CT molecular complexity index is 523. The largest absolute Gasteiger partial charge is 0.392 e. The first kappa shape index (κ1) is 11.0. The molecule has 1 nitrogen and oxygen atoms in total. The van der Waals surface area contributed by atoms with E-state index in [-0.39, 0.29) is 6.61 Å². The van der Waals surface area contributed by atoms with Crippen molar-refractivity contribution in [3.63, 3.8) is 0 Å². The van der Waals surface area contributed by atoms with Crippen molar-refractivity contribution in [2.75, 3.05) is 0 Å². The van der Waals surface area contributed by atoms with Crippen molar-refractivity contribution in [3.05, 3.63) is 44.9 Å². The fourth-order valence-corrected chi connectivity index (χ4v) is 2.07. The Morgan fingerprint density at radius 3 is 2.33 bits per heavy atom. The molecule has 0 bridgehead atoms. The lowest BCUT2D eigenvalue weighted by Gasteiger charge is -2.06. The molecule has 15 heavy (non-hydrogen) atoms. The minimum atomic E-state index is -0.0883. The number of benzene rings is 2. The zero-order valence-corrected chi connectivity index (χ0v) is 9.87. The van der Waals surface area contributed by atoms with E-state index in [1.165, 1.54) is 0 Å². The Balaban J connectivity index is 2.81. The van der Waals surface area contributed by atoms with Crippen LogP contribution in [0, 0.1) is 0 Å². The van der Waals surface area contributed by atoms with Gasteiger partial charge < -0.3 is 5.11 Å². The molecule has 0 heterocycles. The first-order valence-corrected chi connectivity index (χ1v) is 5.44. The molecular weight excluding hydrogens is 254 g/mol. The summed E-state index contributed by atoms with van der Waals surface area (Å²) in [5.74, 6) is 0. The monoisotopic (exact) mass is 260 g/mol. The molecule has 0 saturated carbocycles. The molecule has 1 N–H and O–H groups in total. The van der Waals surface area contributed by atoms with E-state index in [0.717, 1.165) is 10.8 Å². The number of hydrogen-bond acceptors (Lipinski definition) is 1. The van der Waals surface area contributed by atoms with E-state index in [9.17, 15) is 0 Å². The van der Waals surface area contributed by atoms with E-state index in [1.54, 1.807) is 18.2 Å². The zero-order valence-electron chi connectivity index (χ0n) is 7.60. The Labute approximate surface area is 102 Å². The molecule has 0 aliphatic carbocycles. The molecule has 0 saturated heterocycles. The van der Waals surface area contributed by atoms with Gasteiger partial charge in [-0.05, 0) is 23.1 Å². The minimum Gasteiger partial charge on any atom is -0.392 e. The van der Waals surface area contributed by atoms with Gasteiger partial charge in [0.15, 0.2) is 0 Å². The van der Waals surface area contributed by atoms with Crippen LogP contribution in [0.5, 0.6) is 0 Å².